The summed E-state index contributed by atoms with van der Waals surface area (Å²) in [7, 11) is 0. The average molecular weight is 880 g/mol. The number of nitrogens with zero attached hydrogens (tertiary/aromatic N) is 5. The van der Waals surface area contributed by atoms with Crippen molar-refractivity contribution in [2.45, 2.75) is 41.5 Å². The van der Waals surface area contributed by atoms with E-state index in [1.165, 1.54) is 22.3 Å². The summed E-state index contributed by atoms with van der Waals surface area (Å²) in [6, 6.07) is 74.8. The lowest BCUT2D eigenvalue weighted by molar-refractivity contribution is 1.06. The van der Waals surface area contributed by atoms with Crippen LogP contribution in [0.4, 0.5) is 34.1 Å². The predicted octanol–water partition coefficient (Wildman–Crippen LogP) is 17.0. The Hall–Kier alpha value is -8.41. The average Bonchev–Trinajstić information content (AvgIpc) is 3.36. The standard InChI is InChI=1S/C63H53N5/c1-42-40-44(3)59(46(5)57(42)48-32-36-55(37-33-48)67(51-24-14-8-15-25-51)52-26-16-9-17-27-52)62-64-61(50-22-12-7-13-23-50)65-63(66-62)60-45(4)41-43(2)58(47(60)6)49-34-38-56(39-35-49)68(53-28-18-10-19-29-53)54-30-20-11-21-31-54/h7-41H,1-6H3. The number of aryl methyl sites for hydroxylation is 4. The maximum atomic E-state index is 5.45. The van der Waals surface area contributed by atoms with Crippen LogP contribution in [0.2, 0.25) is 0 Å². The van der Waals surface area contributed by atoms with E-state index in [9.17, 15) is 0 Å². The van der Waals surface area contributed by atoms with E-state index < -0.39 is 0 Å². The maximum absolute atomic E-state index is 5.45. The molecule has 0 atom stereocenters. The van der Waals surface area contributed by atoms with Gasteiger partial charge in [-0.2, -0.15) is 0 Å². The Bertz CT molecular complexity index is 3070. The fourth-order valence-corrected chi connectivity index (χ4v) is 10.0. The molecule has 330 valence electrons. The minimum absolute atomic E-state index is 0.644. The highest BCUT2D eigenvalue weighted by molar-refractivity contribution is 5.86. The van der Waals surface area contributed by atoms with Crippen molar-refractivity contribution in [3.05, 3.63) is 246 Å². The van der Waals surface area contributed by atoms with Crippen LogP contribution in [-0.4, -0.2) is 15.0 Å². The van der Waals surface area contributed by atoms with Gasteiger partial charge in [0.25, 0.3) is 0 Å². The molecule has 68 heavy (non-hydrogen) atoms. The van der Waals surface area contributed by atoms with Gasteiger partial charge in [-0.15, -0.1) is 0 Å². The molecule has 1 aromatic heterocycles. The second-order valence-corrected chi connectivity index (χ2v) is 17.5. The van der Waals surface area contributed by atoms with E-state index in [2.05, 4.69) is 245 Å². The molecule has 9 aromatic carbocycles. The number of benzene rings is 9. The van der Waals surface area contributed by atoms with Crippen LogP contribution in [0.25, 0.3) is 56.4 Å². The molecule has 1 heterocycles. The van der Waals surface area contributed by atoms with Crippen LogP contribution in [0.15, 0.2) is 212 Å². The Morgan fingerprint density at radius 1 is 0.250 bits per heavy atom. The molecule has 0 saturated carbocycles. The van der Waals surface area contributed by atoms with Crippen molar-refractivity contribution in [3.8, 4) is 56.4 Å². The molecule has 0 radical (unpaired) electrons. The molecule has 0 amide bonds. The first kappa shape index (κ1) is 43.5. The lowest BCUT2D eigenvalue weighted by Gasteiger charge is -2.26. The number of hydrogen-bond acceptors (Lipinski definition) is 5. The molecule has 5 heteroatoms. The molecule has 0 N–H and O–H groups in total. The van der Waals surface area contributed by atoms with Crippen LogP contribution in [0.5, 0.6) is 0 Å². The van der Waals surface area contributed by atoms with E-state index in [0.29, 0.717) is 17.5 Å². The smallest absolute Gasteiger partial charge is 0.164 e. The van der Waals surface area contributed by atoms with Crippen molar-refractivity contribution in [3.63, 3.8) is 0 Å². The fourth-order valence-electron chi connectivity index (χ4n) is 10.0. The zero-order valence-corrected chi connectivity index (χ0v) is 39.4. The minimum Gasteiger partial charge on any atom is -0.311 e. The van der Waals surface area contributed by atoms with Gasteiger partial charge in [0.1, 0.15) is 0 Å². The van der Waals surface area contributed by atoms with Gasteiger partial charge >= 0.3 is 0 Å². The van der Waals surface area contributed by atoms with Crippen LogP contribution in [-0.2, 0) is 0 Å². The second-order valence-electron chi connectivity index (χ2n) is 17.5. The Kier molecular flexibility index (Phi) is 12.0. The first-order valence-electron chi connectivity index (χ1n) is 23.3. The maximum Gasteiger partial charge on any atom is 0.164 e. The highest BCUT2D eigenvalue weighted by Crippen LogP contribution is 2.42. The van der Waals surface area contributed by atoms with Crippen molar-refractivity contribution >= 4 is 34.1 Å². The van der Waals surface area contributed by atoms with Crippen LogP contribution >= 0.6 is 0 Å². The summed E-state index contributed by atoms with van der Waals surface area (Å²) >= 11 is 0. The lowest BCUT2D eigenvalue weighted by atomic mass is 9.88. The molecule has 5 nitrogen and oxygen atoms in total. The second kappa shape index (κ2) is 18.8. The van der Waals surface area contributed by atoms with Crippen LogP contribution in [0.1, 0.15) is 33.4 Å². The summed E-state index contributed by atoms with van der Waals surface area (Å²) in [6.45, 7) is 13.2. The molecule has 0 aliphatic carbocycles. The van der Waals surface area contributed by atoms with E-state index in [1.54, 1.807) is 0 Å². The number of rotatable bonds is 11. The van der Waals surface area contributed by atoms with Crippen molar-refractivity contribution in [1.82, 2.24) is 15.0 Å². The van der Waals surface area contributed by atoms with Gasteiger partial charge in [-0.25, -0.2) is 15.0 Å². The number of hydrogen-bond donors (Lipinski definition) is 0. The first-order valence-corrected chi connectivity index (χ1v) is 23.3. The normalized spacial score (nSPS) is 11.1. The molecular formula is C63H53N5. The van der Waals surface area contributed by atoms with E-state index in [1.807, 2.05) is 18.2 Å². The molecule has 10 rings (SSSR count). The molecule has 0 spiro atoms. The molecule has 10 aromatic rings. The molecule has 0 aliphatic rings. The molecule has 0 fully saturated rings. The quantitative estimate of drug-likeness (QED) is 0.130. The van der Waals surface area contributed by atoms with Gasteiger partial charge in [0.15, 0.2) is 17.5 Å². The zero-order chi connectivity index (χ0) is 46.7. The Labute approximate surface area is 400 Å². The molecule has 0 aliphatic heterocycles. The Morgan fingerprint density at radius 2 is 0.515 bits per heavy atom. The van der Waals surface area contributed by atoms with E-state index in [0.717, 1.165) is 84.2 Å². The molecular weight excluding hydrogens is 827 g/mol. The third kappa shape index (κ3) is 8.47. The number of aromatic nitrogens is 3. The highest BCUT2D eigenvalue weighted by atomic mass is 15.1. The van der Waals surface area contributed by atoms with Crippen LogP contribution in [0, 0.1) is 41.5 Å². The van der Waals surface area contributed by atoms with Gasteiger partial charge in [-0.05, 0) is 170 Å². The van der Waals surface area contributed by atoms with Crippen molar-refractivity contribution < 1.29 is 0 Å². The lowest BCUT2D eigenvalue weighted by Crippen LogP contribution is -2.09. The first-order chi connectivity index (χ1) is 33.2. The third-order valence-corrected chi connectivity index (χ3v) is 12.9. The van der Waals surface area contributed by atoms with Crippen molar-refractivity contribution in [2.75, 3.05) is 9.80 Å². The minimum atomic E-state index is 0.644. The Morgan fingerprint density at radius 3 is 0.838 bits per heavy atom. The highest BCUT2D eigenvalue weighted by Gasteiger charge is 2.23. The molecule has 0 unspecified atom stereocenters. The summed E-state index contributed by atoms with van der Waals surface area (Å²) in [5, 5.41) is 0. The van der Waals surface area contributed by atoms with Gasteiger partial charge in [-0.1, -0.05) is 140 Å². The van der Waals surface area contributed by atoms with Gasteiger partial charge in [-0.3, -0.25) is 0 Å². The van der Waals surface area contributed by atoms with Crippen LogP contribution in [0.3, 0.4) is 0 Å². The number of anilines is 6. The van der Waals surface area contributed by atoms with Crippen LogP contribution < -0.4 is 9.80 Å². The van der Waals surface area contributed by atoms with Gasteiger partial charge in [0.05, 0.1) is 0 Å². The molecule has 0 bridgehead atoms. The third-order valence-electron chi connectivity index (χ3n) is 12.9. The van der Waals surface area contributed by atoms with E-state index in [-0.39, 0.29) is 0 Å². The summed E-state index contributed by atoms with van der Waals surface area (Å²) in [4.78, 5) is 20.6. The fraction of sp³-hybridized carbons (Fsp3) is 0.0952. The SMILES string of the molecule is Cc1cc(C)c(-c2nc(-c3ccccc3)nc(-c3c(C)cc(C)c(-c4ccc(N(c5ccccc5)c5ccccc5)cc4)c3C)n2)c(C)c1-c1ccc(N(c2ccccc2)c2ccccc2)cc1. The van der Waals surface area contributed by atoms with Gasteiger partial charge in [0.2, 0.25) is 0 Å². The Balaban J connectivity index is 1.07. The summed E-state index contributed by atoms with van der Waals surface area (Å²) in [5.74, 6) is 1.96. The number of para-hydroxylation sites is 4. The van der Waals surface area contributed by atoms with Crippen molar-refractivity contribution in [2.24, 2.45) is 0 Å². The van der Waals surface area contributed by atoms with E-state index >= 15 is 0 Å². The van der Waals surface area contributed by atoms with E-state index in [4.69, 9.17) is 15.0 Å². The summed E-state index contributed by atoms with van der Waals surface area (Å²) in [6.07, 6.45) is 0. The molecule has 0 saturated heterocycles. The largest absolute Gasteiger partial charge is 0.311 e. The summed E-state index contributed by atoms with van der Waals surface area (Å²) < 4.78 is 0. The summed E-state index contributed by atoms with van der Waals surface area (Å²) in [5.41, 5.74) is 21.1. The topological polar surface area (TPSA) is 45.2 Å². The monoisotopic (exact) mass is 879 g/mol. The zero-order valence-electron chi connectivity index (χ0n) is 39.4. The van der Waals surface area contributed by atoms with Gasteiger partial charge in [0, 0.05) is 50.8 Å². The van der Waals surface area contributed by atoms with Crippen molar-refractivity contribution in [1.29, 1.82) is 0 Å². The predicted molar refractivity (Wildman–Crippen MR) is 285 cm³/mol. The van der Waals surface area contributed by atoms with Gasteiger partial charge < -0.3 is 9.80 Å².